The minimum Gasteiger partial charge on any atom is -0.479 e. The normalized spacial score (nSPS) is 23.2. The third-order valence-electron chi connectivity index (χ3n) is 9.88. The molecule has 5 N–H and O–H groups in total. The van der Waals surface area contributed by atoms with Crippen molar-refractivity contribution in [3.05, 3.63) is 112 Å². The van der Waals surface area contributed by atoms with Gasteiger partial charge >= 0.3 is 11.9 Å². The van der Waals surface area contributed by atoms with Crippen molar-refractivity contribution < 1.29 is 44.6 Å². The summed E-state index contributed by atoms with van der Waals surface area (Å²) in [6, 6.07) is 25.8. The Labute approximate surface area is 317 Å². The van der Waals surface area contributed by atoms with Crippen LogP contribution in [0.1, 0.15) is 72.7 Å². The molecule has 0 bridgehead atoms. The number of hydrogen-bond donors (Lipinski definition) is 5. The Bertz CT molecular complexity index is 1980. The van der Waals surface area contributed by atoms with Crippen LogP contribution >= 0.6 is 23.4 Å². The number of nitrogens with zero attached hydrogens (tertiary/aromatic N) is 1. The molecule has 4 aromatic rings. The van der Waals surface area contributed by atoms with Crippen molar-refractivity contribution in [2.45, 2.75) is 87.5 Å². The van der Waals surface area contributed by atoms with Crippen molar-refractivity contribution in [3.8, 4) is 0 Å². The average molecular weight is 762 g/mol. The van der Waals surface area contributed by atoms with E-state index in [-0.39, 0.29) is 17.1 Å². The number of aromatic nitrogens is 1. The number of pyridine rings is 1. The van der Waals surface area contributed by atoms with E-state index in [0.717, 1.165) is 58.1 Å². The number of rotatable bonds is 14. The highest BCUT2D eigenvalue weighted by Crippen LogP contribution is 2.53. The second-order valence-corrected chi connectivity index (χ2v) is 16.2. The number of hydrogen-bond acceptors (Lipinski definition) is 10. The first-order valence-electron chi connectivity index (χ1n) is 17.6. The Hall–Kier alpha value is -3.81. The number of ether oxygens (including phenoxy) is 2. The van der Waals surface area contributed by atoms with E-state index in [2.05, 4.69) is 12.1 Å². The molecule has 1 saturated heterocycles. The zero-order chi connectivity index (χ0) is 37.9. The molecule has 12 heteroatoms. The number of aliphatic carboxylic acids is 1. The molecule has 53 heavy (non-hydrogen) atoms. The summed E-state index contributed by atoms with van der Waals surface area (Å²) in [5.41, 5.74) is 4.30. The number of aliphatic hydroxyl groups excluding tert-OH is 3. The van der Waals surface area contributed by atoms with Crippen LogP contribution < -0.4 is 0 Å². The SMILES string of the molecule is CC(C)(O)c1ccccc1CC[C@@H](SCC1(CC(=O)OC2OC(C(=O)O)C(O)C(O)C2O)CC1)c1cccc(/C=C/c2ccc3ccc(Cl)cc3n2)c1. The van der Waals surface area contributed by atoms with Crippen LogP contribution in [-0.2, 0) is 31.1 Å². The fraction of sp³-hybridized carbons (Fsp3) is 0.390. The van der Waals surface area contributed by atoms with Gasteiger partial charge in [-0.25, -0.2) is 9.78 Å². The number of aliphatic hydroxyl groups is 4. The van der Waals surface area contributed by atoms with Gasteiger partial charge in [0.1, 0.15) is 18.3 Å². The van der Waals surface area contributed by atoms with Gasteiger partial charge < -0.3 is 35.0 Å². The number of benzene rings is 3. The first-order valence-corrected chi connectivity index (χ1v) is 19.0. The highest BCUT2D eigenvalue weighted by Gasteiger charge is 2.50. The molecule has 2 aliphatic rings. The molecule has 1 aromatic heterocycles. The molecule has 0 spiro atoms. The molecule has 3 aromatic carbocycles. The molecule has 2 heterocycles. The van der Waals surface area contributed by atoms with Gasteiger partial charge in [0.05, 0.1) is 23.2 Å². The Morgan fingerprint density at radius 2 is 1.75 bits per heavy atom. The zero-order valence-electron chi connectivity index (χ0n) is 29.5. The Morgan fingerprint density at radius 1 is 1.00 bits per heavy atom. The minimum atomic E-state index is -1.88. The van der Waals surface area contributed by atoms with E-state index in [1.54, 1.807) is 25.6 Å². The Balaban J connectivity index is 1.18. The molecule has 0 amide bonds. The van der Waals surface area contributed by atoms with Gasteiger partial charge in [-0.1, -0.05) is 78.3 Å². The molecular weight excluding hydrogens is 718 g/mol. The summed E-state index contributed by atoms with van der Waals surface area (Å²) in [5.74, 6) is -1.60. The number of carboxylic acids is 1. The first kappa shape index (κ1) is 38.9. The van der Waals surface area contributed by atoms with Crippen LogP contribution in [0.25, 0.3) is 23.1 Å². The molecule has 2 fully saturated rings. The second kappa shape index (κ2) is 16.3. The molecule has 1 aliphatic heterocycles. The average Bonchev–Trinajstić information content (AvgIpc) is 3.89. The fourth-order valence-electron chi connectivity index (χ4n) is 6.66. The summed E-state index contributed by atoms with van der Waals surface area (Å²) in [6.07, 6.45) is -2.07. The fourth-order valence-corrected chi connectivity index (χ4v) is 8.40. The van der Waals surface area contributed by atoms with Crippen molar-refractivity contribution in [2.75, 3.05) is 5.75 Å². The summed E-state index contributed by atoms with van der Waals surface area (Å²) < 4.78 is 10.5. The van der Waals surface area contributed by atoms with Crippen LogP contribution in [0.15, 0.2) is 78.9 Å². The topological polar surface area (TPSA) is 167 Å². The highest BCUT2D eigenvalue weighted by molar-refractivity contribution is 7.99. The number of carbonyl (C=O) groups is 2. The van der Waals surface area contributed by atoms with E-state index < -0.39 is 48.2 Å². The van der Waals surface area contributed by atoms with Gasteiger partial charge in [0.2, 0.25) is 6.29 Å². The number of thioether (sulfide) groups is 1. The van der Waals surface area contributed by atoms with Gasteiger partial charge in [0, 0.05) is 21.4 Å². The van der Waals surface area contributed by atoms with Crippen molar-refractivity contribution >= 4 is 58.4 Å². The summed E-state index contributed by atoms with van der Waals surface area (Å²) in [5, 5.41) is 52.3. The Kier molecular flexibility index (Phi) is 11.9. The second-order valence-electron chi connectivity index (χ2n) is 14.5. The molecule has 280 valence electrons. The number of aryl methyl sites for hydroxylation is 1. The lowest BCUT2D eigenvalue weighted by atomic mass is 9.90. The largest absolute Gasteiger partial charge is 0.479 e. The zero-order valence-corrected chi connectivity index (χ0v) is 31.0. The number of carboxylic acid groups (broad SMARTS) is 1. The number of fused-ring (bicyclic) bond motifs is 1. The first-order chi connectivity index (χ1) is 25.2. The summed E-state index contributed by atoms with van der Waals surface area (Å²) in [6.45, 7) is 3.57. The van der Waals surface area contributed by atoms with Gasteiger partial charge in [0.25, 0.3) is 0 Å². The molecule has 6 atom stereocenters. The summed E-state index contributed by atoms with van der Waals surface area (Å²) >= 11 is 7.94. The maximum Gasteiger partial charge on any atom is 0.335 e. The number of halogens is 1. The molecule has 5 unspecified atom stereocenters. The molecule has 1 saturated carbocycles. The molecule has 10 nitrogen and oxygen atoms in total. The lowest BCUT2D eigenvalue weighted by molar-refractivity contribution is -0.286. The summed E-state index contributed by atoms with van der Waals surface area (Å²) in [7, 11) is 0. The van der Waals surface area contributed by atoms with Crippen LogP contribution in [-0.4, -0.2) is 78.9 Å². The number of carbonyl (C=O) groups excluding carboxylic acids is 1. The van der Waals surface area contributed by atoms with E-state index in [1.165, 1.54) is 0 Å². The van der Waals surface area contributed by atoms with E-state index >= 15 is 0 Å². The van der Waals surface area contributed by atoms with E-state index in [9.17, 15) is 35.1 Å². The predicted octanol–water partition coefficient (Wildman–Crippen LogP) is 6.30. The van der Waals surface area contributed by atoms with Crippen molar-refractivity contribution in [1.29, 1.82) is 0 Å². The minimum absolute atomic E-state index is 0.0178. The van der Waals surface area contributed by atoms with Crippen LogP contribution in [0.3, 0.4) is 0 Å². The smallest absolute Gasteiger partial charge is 0.335 e. The van der Waals surface area contributed by atoms with E-state index in [0.29, 0.717) is 17.2 Å². The maximum atomic E-state index is 13.1. The third kappa shape index (κ3) is 9.66. The molecule has 0 radical (unpaired) electrons. The standard InChI is InChI=1S/C41H44ClNO9S/c1-40(2,50)30-9-4-3-7-25(30)13-17-32(27-8-5-6-24(20-27)10-15-29-16-12-26-11-14-28(42)21-31(26)43-29)53-23-41(18-19-41)22-33(44)51-39-36(47)34(45)35(46)37(52-39)38(48)49/h3-12,14-16,20-21,32,34-37,39,45-47,50H,13,17-19,22-23H2,1-2H3,(H,48,49)/b15-10+/t32-,34?,35?,36?,37?,39?/m1/s1. The Morgan fingerprint density at radius 3 is 2.49 bits per heavy atom. The third-order valence-corrected chi connectivity index (χ3v) is 11.8. The maximum absolute atomic E-state index is 13.1. The number of esters is 1. The van der Waals surface area contributed by atoms with Crippen molar-refractivity contribution in [2.24, 2.45) is 5.41 Å². The summed E-state index contributed by atoms with van der Waals surface area (Å²) in [4.78, 5) is 29.3. The van der Waals surface area contributed by atoms with Crippen LogP contribution in [0.2, 0.25) is 5.02 Å². The van der Waals surface area contributed by atoms with Gasteiger partial charge in [-0.3, -0.25) is 4.79 Å². The van der Waals surface area contributed by atoms with Gasteiger partial charge in [0.15, 0.2) is 6.10 Å². The lowest BCUT2D eigenvalue weighted by Crippen LogP contribution is -2.60. The molecule has 6 rings (SSSR count). The van der Waals surface area contributed by atoms with Gasteiger partial charge in [-0.15, -0.1) is 0 Å². The van der Waals surface area contributed by atoms with E-state index in [4.69, 9.17) is 26.1 Å². The predicted molar refractivity (Wildman–Crippen MR) is 204 cm³/mol. The van der Waals surface area contributed by atoms with Crippen LogP contribution in [0, 0.1) is 5.41 Å². The monoisotopic (exact) mass is 761 g/mol. The molecular formula is C41H44ClNO9S. The highest BCUT2D eigenvalue weighted by atomic mass is 35.5. The lowest BCUT2D eigenvalue weighted by Gasteiger charge is -2.38. The van der Waals surface area contributed by atoms with Gasteiger partial charge in [-0.05, 0) is 91.5 Å². The van der Waals surface area contributed by atoms with Crippen LogP contribution in [0.4, 0.5) is 0 Å². The van der Waals surface area contributed by atoms with Crippen LogP contribution in [0.5, 0.6) is 0 Å². The van der Waals surface area contributed by atoms with Gasteiger partial charge in [-0.2, -0.15) is 11.8 Å². The quantitative estimate of drug-likeness (QED) is 0.0916. The van der Waals surface area contributed by atoms with Crippen molar-refractivity contribution in [3.63, 3.8) is 0 Å². The van der Waals surface area contributed by atoms with E-state index in [1.807, 2.05) is 78.9 Å². The van der Waals surface area contributed by atoms with Crippen molar-refractivity contribution in [1.82, 2.24) is 4.98 Å². The molecule has 1 aliphatic carbocycles.